The first-order chi connectivity index (χ1) is 9.97. The highest BCUT2D eigenvalue weighted by atomic mass is 16.4. The number of hydrogen-bond acceptors (Lipinski definition) is 3. The number of piperidine rings is 1. The van der Waals surface area contributed by atoms with Gasteiger partial charge in [0.1, 0.15) is 5.54 Å². The molecule has 0 aromatic rings. The van der Waals surface area contributed by atoms with Crippen LogP contribution >= 0.6 is 0 Å². The molecule has 1 aliphatic carbocycles. The number of aliphatic hydroxyl groups is 1. The van der Waals surface area contributed by atoms with Crippen LogP contribution in [-0.4, -0.2) is 52.3 Å². The van der Waals surface area contributed by atoms with Gasteiger partial charge in [0, 0.05) is 19.7 Å². The number of nitrogens with zero attached hydrogens (tertiary/aromatic N) is 1. The van der Waals surface area contributed by atoms with Crippen LogP contribution in [-0.2, 0) is 4.79 Å². The molecule has 2 fully saturated rings. The fourth-order valence-corrected chi connectivity index (χ4v) is 3.33. The first-order valence-corrected chi connectivity index (χ1v) is 7.88. The quantitative estimate of drug-likeness (QED) is 0.735. The Balaban J connectivity index is 2.00. The lowest BCUT2D eigenvalue weighted by Gasteiger charge is -2.39. The molecule has 6 nitrogen and oxygen atoms in total. The predicted molar refractivity (Wildman–Crippen MR) is 77.9 cm³/mol. The average molecular weight is 298 g/mol. The molecule has 1 saturated carbocycles. The Morgan fingerprint density at radius 3 is 2.52 bits per heavy atom. The van der Waals surface area contributed by atoms with E-state index in [2.05, 4.69) is 12.2 Å². The van der Waals surface area contributed by atoms with Crippen molar-refractivity contribution in [2.75, 3.05) is 19.7 Å². The highest BCUT2D eigenvalue weighted by molar-refractivity contribution is 5.86. The Bertz CT molecular complexity index is 391. The third-order valence-corrected chi connectivity index (χ3v) is 4.95. The van der Waals surface area contributed by atoms with Gasteiger partial charge in [-0.15, -0.1) is 0 Å². The van der Waals surface area contributed by atoms with Crippen LogP contribution in [0.2, 0.25) is 0 Å². The molecule has 3 N–H and O–H groups in total. The average Bonchev–Trinajstić information content (AvgIpc) is 2.49. The Labute approximate surface area is 125 Å². The van der Waals surface area contributed by atoms with E-state index in [0.29, 0.717) is 31.8 Å². The molecule has 0 aromatic carbocycles. The molecular formula is C15H26N2O4. The zero-order chi connectivity index (χ0) is 15.5. The largest absolute Gasteiger partial charge is 0.480 e. The number of aliphatic carboxylic acids is 1. The SMILES string of the molecule is CC1CCC(NC(=O)N2CCCC(CO)C2)(C(=O)O)CC1. The van der Waals surface area contributed by atoms with Crippen molar-refractivity contribution in [1.82, 2.24) is 10.2 Å². The summed E-state index contributed by atoms with van der Waals surface area (Å²) < 4.78 is 0. The highest BCUT2D eigenvalue weighted by Gasteiger charge is 2.43. The Kier molecular flexibility index (Phi) is 5.08. The summed E-state index contributed by atoms with van der Waals surface area (Å²) in [6, 6.07) is -0.301. The number of urea groups is 1. The Hall–Kier alpha value is -1.30. The summed E-state index contributed by atoms with van der Waals surface area (Å²) in [6.45, 7) is 3.33. The van der Waals surface area contributed by atoms with Gasteiger partial charge < -0.3 is 20.4 Å². The summed E-state index contributed by atoms with van der Waals surface area (Å²) in [6.07, 6.45) is 4.41. The number of nitrogens with one attached hydrogen (secondary N) is 1. The number of carbonyl (C=O) groups is 2. The molecule has 2 rings (SSSR count). The van der Waals surface area contributed by atoms with E-state index in [1.807, 2.05) is 0 Å². The van der Waals surface area contributed by atoms with E-state index in [1.165, 1.54) is 0 Å². The third kappa shape index (κ3) is 3.67. The van der Waals surface area contributed by atoms with Gasteiger partial charge in [-0.25, -0.2) is 9.59 Å². The van der Waals surface area contributed by atoms with Crippen molar-refractivity contribution in [3.8, 4) is 0 Å². The smallest absolute Gasteiger partial charge is 0.329 e. The van der Waals surface area contributed by atoms with E-state index in [9.17, 15) is 19.8 Å². The van der Waals surface area contributed by atoms with Crippen molar-refractivity contribution in [1.29, 1.82) is 0 Å². The van der Waals surface area contributed by atoms with Crippen molar-refractivity contribution < 1.29 is 19.8 Å². The maximum atomic E-state index is 12.4. The molecule has 1 atom stereocenters. The minimum atomic E-state index is -1.12. The normalized spacial score (nSPS) is 33.5. The first kappa shape index (κ1) is 16.1. The van der Waals surface area contributed by atoms with Gasteiger partial charge in [-0.2, -0.15) is 0 Å². The third-order valence-electron chi connectivity index (χ3n) is 4.95. The lowest BCUT2D eigenvalue weighted by molar-refractivity contribution is -0.146. The fourth-order valence-electron chi connectivity index (χ4n) is 3.33. The second-order valence-corrected chi connectivity index (χ2v) is 6.64. The molecule has 2 amide bonds. The summed E-state index contributed by atoms with van der Waals surface area (Å²) in [5, 5.41) is 21.5. The van der Waals surface area contributed by atoms with Crippen molar-refractivity contribution >= 4 is 12.0 Å². The van der Waals surface area contributed by atoms with Gasteiger partial charge in [0.25, 0.3) is 0 Å². The first-order valence-electron chi connectivity index (χ1n) is 7.88. The number of aliphatic hydroxyl groups excluding tert-OH is 1. The summed E-state index contributed by atoms with van der Waals surface area (Å²) >= 11 is 0. The molecule has 2 aliphatic rings. The molecule has 0 bridgehead atoms. The molecule has 1 aliphatic heterocycles. The number of carbonyl (C=O) groups excluding carboxylic acids is 1. The van der Waals surface area contributed by atoms with Gasteiger partial charge in [0.15, 0.2) is 0 Å². The minimum Gasteiger partial charge on any atom is -0.480 e. The highest BCUT2D eigenvalue weighted by Crippen LogP contribution is 2.32. The molecule has 0 aromatic heterocycles. The molecule has 120 valence electrons. The standard InChI is InChI=1S/C15H26N2O4/c1-11-4-6-15(7-5-11,13(19)20)16-14(21)17-8-2-3-12(9-17)10-18/h11-12,18H,2-10H2,1H3,(H,16,21)(H,19,20). The zero-order valence-electron chi connectivity index (χ0n) is 12.7. The molecule has 1 heterocycles. The van der Waals surface area contributed by atoms with E-state index in [1.54, 1.807) is 4.90 Å². The van der Waals surface area contributed by atoms with E-state index in [-0.39, 0.29) is 18.6 Å². The van der Waals surface area contributed by atoms with Gasteiger partial charge in [-0.1, -0.05) is 6.92 Å². The summed E-state index contributed by atoms with van der Waals surface area (Å²) in [7, 11) is 0. The minimum absolute atomic E-state index is 0.0748. The maximum absolute atomic E-state index is 12.4. The van der Waals surface area contributed by atoms with Crippen LogP contribution in [0.1, 0.15) is 45.4 Å². The lowest BCUT2D eigenvalue weighted by atomic mass is 9.77. The van der Waals surface area contributed by atoms with Crippen LogP contribution < -0.4 is 5.32 Å². The van der Waals surface area contributed by atoms with E-state index in [0.717, 1.165) is 25.7 Å². The lowest BCUT2D eigenvalue weighted by Crippen LogP contribution is -2.60. The van der Waals surface area contributed by atoms with Crippen LogP contribution in [0.15, 0.2) is 0 Å². The summed E-state index contributed by atoms with van der Waals surface area (Å²) in [4.78, 5) is 25.7. The second kappa shape index (κ2) is 6.64. The van der Waals surface area contributed by atoms with Crippen LogP contribution in [0, 0.1) is 11.8 Å². The monoisotopic (exact) mass is 298 g/mol. The van der Waals surface area contributed by atoms with Crippen LogP contribution in [0.3, 0.4) is 0 Å². The fraction of sp³-hybridized carbons (Fsp3) is 0.867. The van der Waals surface area contributed by atoms with Gasteiger partial charge in [-0.05, 0) is 50.4 Å². The number of carboxylic acid groups (broad SMARTS) is 1. The molecule has 6 heteroatoms. The van der Waals surface area contributed by atoms with Crippen LogP contribution in [0.4, 0.5) is 4.79 Å². The number of likely N-dealkylation sites (tertiary alicyclic amines) is 1. The predicted octanol–water partition coefficient (Wildman–Crippen LogP) is 1.43. The van der Waals surface area contributed by atoms with Crippen LogP contribution in [0.5, 0.6) is 0 Å². The zero-order valence-corrected chi connectivity index (χ0v) is 12.7. The molecule has 0 spiro atoms. The number of hydrogen-bond donors (Lipinski definition) is 3. The van der Waals surface area contributed by atoms with Crippen molar-refractivity contribution in [3.05, 3.63) is 0 Å². The van der Waals surface area contributed by atoms with E-state index < -0.39 is 11.5 Å². The van der Waals surface area contributed by atoms with E-state index in [4.69, 9.17) is 0 Å². The van der Waals surface area contributed by atoms with E-state index >= 15 is 0 Å². The van der Waals surface area contributed by atoms with Crippen molar-refractivity contribution in [3.63, 3.8) is 0 Å². The Morgan fingerprint density at radius 2 is 1.95 bits per heavy atom. The van der Waals surface area contributed by atoms with Crippen LogP contribution in [0.25, 0.3) is 0 Å². The van der Waals surface area contributed by atoms with Crippen molar-refractivity contribution in [2.45, 2.75) is 51.0 Å². The molecule has 0 radical (unpaired) electrons. The molecule has 1 saturated heterocycles. The summed E-state index contributed by atoms with van der Waals surface area (Å²) in [5.41, 5.74) is -1.12. The number of carboxylic acids is 1. The molecule has 1 unspecified atom stereocenters. The number of rotatable bonds is 3. The number of amides is 2. The second-order valence-electron chi connectivity index (χ2n) is 6.64. The Morgan fingerprint density at radius 1 is 1.29 bits per heavy atom. The molecular weight excluding hydrogens is 272 g/mol. The molecule has 21 heavy (non-hydrogen) atoms. The van der Waals surface area contributed by atoms with Crippen molar-refractivity contribution in [2.24, 2.45) is 11.8 Å². The van der Waals surface area contributed by atoms with Gasteiger partial charge in [0.2, 0.25) is 0 Å². The maximum Gasteiger partial charge on any atom is 0.329 e. The van der Waals surface area contributed by atoms with Gasteiger partial charge in [0.05, 0.1) is 0 Å². The summed E-state index contributed by atoms with van der Waals surface area (Å²) in [5.74, 6) is -0.307. The topological polar surface area (TPSA) is 89.9 Å². The van der Waals surface area contributed by atoms with Gasteiger partial charge in [-0.3, -0.25) is 0 Å². The van der Waals surface area contributed by atoms with Gasteiger partial charge >= 0.3 is 12.0 Å².